The van der Waals surface area contributed by atoms with Crippen LogP contribution in [0.2, 0.25) is 0 Å². The summed E-state index contributed by atoms with van der Waals surface area (Å²) in [7, 11) is 0. The van der Waals surface area contributed by atoms with Crippen molar-refractivity contribution in [3.8, 4) is 0 Å². The first-order chi connectivity index (χ1) is 13.1. The van der Waals surface area contributed by atoms with E-state index >= 15 is 0 Å². The summed E-state index contributed by atoms with van der Waals surface area (Å²) in [4.78, 5) is 17.4. The Morgan fingerprint density at radius 2 is 1.93 bits per heavy atom. The number of aromatic nitrogens is 4. The van der Waals surface area contributed by atoms with E-state index in [1.165, 1.54) is 6.33 Å². The highest BCUT2D eigenvalue weighted by Gasteiger charge is 2.45. The topological polar surface area (TPSA) is 181 Å². The van der Waals surface area contributed by atoms with E-state index in [-0.39, 0.29) is 12.4 Å². The molecule has 11 heteroatoms. The molecule has 150 valence electrons. The van der Waals surface area contributed by atoms with Crippen LogP contribution in [0.4, 0.5) is 5.82 Å². The Bertz CT molecular complexity index is 756. The van der Waals surface area contributed by atoms with E-state index in [0.717, 1.165) is 25.7 Å². The molecule has 0 saturated carbocycles. The van der Waals surface area contributed by atoms with E-state index in [4.69, 9.17) is 22.1 Å². The Labute approximate surface area is 156 Å². The smallest absolute Gasteiger partial charge is 0.167 e. The van der Waals surface area contributed by atoms with Crippen molar-refractivity contribution in [2.24, 2.45) is 11.6 Å². The van der Waals surface area contributed by atoms with Crippen molar-refractivity contribution in [3.05, 3.63) is 12.2 Å². The molecule has 3 heterocycles. The van der Waals surface area contributed by atoms with Crippen LogP contribution < -0.4 is 17.4 Å². The Balaban J connectivity index is 1.90. The minimum absolute atomic E-state index is 0.0487. The molecule has 0 aromatic carbocycles. The number of fused-ring (bicyclic) bond motifs is 1. The fraction of sp³-hybridized carbons (Fsp3) is 0.688. The van der Waals surface area contributed by atoms with Crippen molar-refractivity contribution >= 4 is 17.0 Å². The standard InChI is InChI=1S/C16H27N7O4/c17-6-4-2-1-3-5-10-22-11-14(18)20-8-21-15(11)23(10)16-13(25)12(24)9(27-16)7-26-19/h8-9,12-13,16,24-25H,1-7,17,19H2,(H2,18,20,21)/t9-,12-,13-,16-/m1/s1. The zero-order valence-electron chi connectivity index (χ0n) is 15.1. The van der Waals surface area contributed by atoms with Crippen LogP contribution in [0.1, 0.15) is 37.7 Å². The molecular formula is C16H27N7O4. The summed E-state index contributed by atoms with van der Waals surface area (Å²) < 4.78 is 7.49. The van der Waals surface area contributed by atoms with E-state index < -0.39 is 24.5 Å². The molecule has 0 unspecified atom stereocenters. The quantitative estimate of drug-likeness (QED) is 0.266. The number of aliphatic hydroxyl groups is 2. The SMILES string of the molecule is NCCCCCCc1nc2c(N)ncnc2n1[C@@H]1O[C@H](CON)[C@@H](O)[C@H]1O. The fourth-order valence-corrected chi connectivity index (χ4v) is 3.37. The second-order valence-electron chi connectivity index (χ2n) is 6.66. The van der Waals surface area contributed by atoms with Gasteiger partial charge in [-0.15, -0.1) is 0 Å². The van der Waals surface area contributed by atoms with Gasteiger partial charge < -0.3 is 31.3 Å². The number of aliphatic hydroxyl groups excluding tert-OH is 2. The Morgan fingerprint density at radius 1 is 1.15 bits per heavy atom. The molecule has 2 aromatic rings. The summed E-state index contributed by atoms with van der Waals surface area (Å²) in [6, 6.07) is 0. The van der Waals surface area contributed by atoms with Crippen LogP contribution in [-0.4, -0.2) is 61.2 Å². The zero-order valence-corrected chi connectivity index (χ0v) is 15.1. The predicted molar refractivity (Wildman–Crippen MR) is 97.0 cm³/mol. The molecule has 0 bridgehead atoms. The van der Waals surface area contributed by atoms with Gasteiger partial charge in [-0.3, -0.25) is 4.57 Å². The van der Waals surface area contributed by atoms with Gasteiger partial charge in [-0.05, 0) is 19.4 Å². The first-order valence-electron chi connectivity index (χ1n) is 9.09. The van der Waals surface area contributed by atoms with Crippen LogP contribution in [0.5, 0.6) is 0 Å². The van der Waals surface area contributed by atoms with E-state index in [1.807, 2.05) is 0 Å². The van der Waals surface area contributed by atoms with E-state index in [9.17, 15) is 10.2 Å². The second-order valence-corrected chi connectivity index (χ2v) is 6.66. The lowest BCUT2D eigenvalue weighted by atomic mass is 10.1. The number of aryl methyl sites for hydroxylation is 1. The summed E-state index contributed by atoms with van der Waals surface area (Å²) in [6.45, 7) is 0.627. The van der Waals surface area contributed by atoms with Gasteiger partial charge in [0.1, 0.15) is 30.5 Å². The number of hydrogen-bond donors (Lipinski definition) is 5. The van der Waals surface area contributed by atoms with Crippen molar-refractivity contribution < 1.29 is 19.8 Å². The molecule has 1 aliphatic heterocycles. The van der Waals surface area contributed by atoms with Crippen LogP contribution in [-0.2, 0) is 16.0 Å². The van der Waals surface area contributed by atoms with Crippen molar-refractivity contribution in [1.82, 2.24) is 19.5 Å². The van der Waals surface area contributed by atoms with Crippen LogP contribution in [0.25, 0.3) is 11.2 Å². The highest BCUT2D eigenvalue weighted by atomic mass is 16.6. The number of hydrogen-bond acceptors (Lipinski definition) is 10. The number of nitrogen functional groups attached to an aromatic ring is 1. The van der Waals surface area contributed by atoms with E-state index in [1.54, 1.807) is 4.57 Å². The van der Waals surface area contributed by atoms with Crippen molar-refractivity contribution in [3.63, 3.8) is 0 Å². The molecule has 11 nitrogen and oxygen atoms in total. The normalized spacial score (nSPS) is 25.5. The van der Waals surface area contributed by atoms with Gasteiger partial charge in [0.25, 0.3) is 0 Å². The van der Waals surface area contributed by atoms with Crippen molar-refractivity contribution in [2.75, 3.05) is 18.9 Å². The molecular weight excluding hydrogens is 354 g/mol. The number of nitrogens with zero attached hydrogens (tertiary/aromatic N) is 4. The van der Waals surface area contributed by atoms with Crippen LogP contribution >= 0.6 is 0 Å². The van der Waals surface area contributed by atoms with E-state index in [0.29, 0.717) is 30.0 Å². The van der Waals surface area contributed by atoms with Gasteiger partial charge in [-0.25, -0.2) is 20.8 Å². The third-order valence-corrected chi connectivity index (χ3v) is 4.79. The Kier molecular flexibility index (Phi) is 6.52. The van der Waals surface area contributed by atoms with Gasteiger partial charge >= 0.3 is 0 Å². The molecule has 8 N–H and O–H groups in total. The molecule has 1 fully saturated rings. The van der Waals surface area contributed by atoms with Gasteiger partial charge in [0, 0.05) is 6.42 Å². The lowest BCUT2D eigenvalue weighted by Gasteiger charge is -2.19. The van der Waals surface area contributed by atoms with E-state index in [2.05, 4.69) is 19.8 Å². The molecule has 2 aromatic heterocycles. The summed E-state index contributed by atoms with van der Waals surface area (Å²) in [6.07, 6.45) is 1.91. The van der Waals surface area contributed by atoms with Gasteiger partial charge in [0.05, 0.1) is 6.61 Å². The molecule has 0 aliphatic carbocycles. The van der Waals surface area contributed by atoms with Crippen molar-refractivity contribution in [2.45, 2.75) is 56.6 Å². The molecule has 4 atom stereocenters. The minimum atomic E-state index is -1.19. The molecule has 1 aliphatic rings. The molecule has 1 saturated heterocycles. The molecule has 0 radical (unpaired) electrons. The molecule has 0 amide bonds. The van der Waals surface area contributed by atoms with Crippen LogP contribution in [0.3, 0.4) is 0 Å². The van der Waals surface area contributed by atoms with Gasteiger partial charge in [0.2, 0.25) is 0 Å². The maximum atomic E-state index is 10.5. The summed E-state index contributed by atoms with van der Waals surface area (Å²) in [5.74, 6) is 6.00. The largest absolute Gasteiger partial charge is 0.387 e. The Morgan fingerprint density at radius 3 is 2.67 bits per heavy atom. The average Bonchev–Trinajstić information content (AvgIpc) is 3.15. The predicted octanol–water partition coefficient (Wildman–Crippen LogP) is -1.02. The highest BCUT2D eigenvalue weighted by molar-refractivity contribution is 5.81. The van der Waals surface area contributed by atoms with Crippen LogP contribution in [0, 0.1) is 0 Å². The maximum Gasteiger partial charge on any atom is 0.167 e. The monoisotopic (exact) mass is 381 g/mol. The second kappa shape index (κ2) is 8.87. The van der Waals surface area contributed by atoms with Crippen molar-refractivity contribution in [1.29, 1.82) is 0 Å². The molecule has 3 rings (SSSR count). The lowest BCUT2D eigenvalue weighted by molar-refractivity contribution is -0.0668. The first-order valence-corrected chi connectivity index (χ1v) is 9.09. The molecule has 0 spiro atoms. The average molecular weight is 381 g/mol. The number of anilines is 1. The zero-order chi connectivity index (χ0) is 19.4. The number of unbranched alkanes of at least 4 members (excludes halogenated alkanes) is 3. The highest BCUT2D eigenvalue weighted by Crippen LogP contribution is 2.34. The number of imidazole rings is 1. The maximum absolute atomic E-state index is 10.5. The van der Waals surface area contributed by atoms with Crippen LogP contribution in [0.15, 0.2) is 6.33 Å². The Hall–Kier alpha value is -1.89. The van der Waals surface area contributed by atoms with Gasteiger partial charge in [0.15, 0.2) is 23.2 Å². The molecule has 27 heavy (non-hydrogen) atoms. The number of nitrogens with two attached hydrogens (primary N) is 3. The van der Waals surface area contributed by atoms with Gasteiger partial charge in [-0.1, -0.05) is 12.8 Å². The number of ether oxygens (including phenoxy) is 1. The summed E-state index contributed by atoms with van der Waals surface area (Å²) in [5, 5.41) is 20.7. The third kappa shape index (κ3) is 4.03. The third-order valence-electron chi connectivity index (χ3n) is 4.79. The fourth-order valence-electron chi connectivity index (χ4n) is 3.37. The number of rotatable bonds is 9. The minimum Gasteiger partial charge on any atom is -0.387 e. The summed E-state index contributed by atoms with van der Waals surface area (Å²) >= 11 is 0. The first kappa shape index (κ1) is 19.9. The lowest BCUT2D eigenvalue weighted by Crippen LogP contribution is -2.34. The summed E-state index contributed by atoms with van der Waals surface area (Å²) in [5.41, 5.74) is 12.4. The van der Waals surface area contributed by atoms with Gasteiger partial charge in [-0.2, -0.15) is 0 Å².